The minimum Gasteiger partial charge on any atom is -0.298 e. The summed E-state index contributed by atoms with van der Waals surface area (Å²) >= 11 is 0. The molecular weight excluding hydrogens is 208 g/mol. The predicted octanol–water partition coefficient (Wildman–Crippen LogP) is 2.74. The highest BCUT2D eigenvalue weighted by atomic mass is 15.3. The molecule has 0 radical (unpaired) electrons. The zero-order valence-corrected chi connectivity index (χ0v) is 11.6. The summed E-state index contributed by atoms with van der Waals surface area (Å²) in [7, 11) is 0. The Morgan fingerprint density at radius 2 is 2.00 bits per heavy atom. The molecule has 1 aliphatic carbocycles. The molecule has 3 rings (SSSR count). The van der Waals surface area contributed by atoms with Gasteiger partial charge in [0.2, 0.25) is 0 Å². The number of hydrogen-bond donors (Lipinski definition) is 0. The van der Waals surface area contributed by atoms with Gasteiger partial charge in [-0.3, -0.25) is 9.80 Å². The van der Waals surface area contributed by atoms with Gasteiger partial charge < -0.3 is 0 Å². The van der Waals surface area contributed by atoms with Gasteiger partial charge in [0.15, 0.2) is 0 Å². The van der Waals surface area contributed by atoms with Crippen molar-refractivity contribution >= 4 is 0 Å². The highest BCUT2D eigenvalue weighted by molar-refractivity contribution is 4.97. The fraction of sp³-hybridized carbons (Fsp3) is 1.00. The SMILES string of the molecule is CCC1CN2CCCCC2CN1CC1(C)CC1. The van der Waals surface area contributed by atoms with Crippen LogP contribution in [0.15, 0.2) is 0 Å². The summed E-state index contributed by atoms with van der Waals surface area (Å²) in [4.78, 5) is 5.61. The molecule has 3 fully saturated rings. The summed E-state index contributed by atoms with van der Waals surface area (Å²) in [5, 5.41) is 0. The molecule has 0 aromatic carbocycles. The third-order valence-electron chi connectivity index (χ3n) is 5.32. The Bertz CT molecular complexity index is 272. The first-order valence-electron chi connectivity index (χ1n) is 7.68. The van der Waals surface area contributed by atoms with E-state index in [9.17, 15) is 0 Å². The quantitative estimate of drug-likeness (QED) is 0.743. The Morgan fingerprint density at radius 3 is 2.71 bits per heavy atom. The van der Waals surface area contributed by atoms with Crippen LogP contribution < -0.4 is 0 Å². The smallest absolute Gasteiger partial charge is 0.0223 e. The molecule has 3 aliphatic rings. The van der Waals surface area contributed by atoms with Crippen molar-refractivity contribution < 1.29 is 0 Å². The van der Waals surface area contributed by atoms with E-state index in [0.717, 1.165) is 12.1 Å². The van der Waals surface area contributed by atoms with Crippen LogP contribution in [0.1, 0.15) is 52.4 Å². The summed E-state index contributed by atoms with van der Waals surface area (Å²) in [6.07, 6.45) is 8.61. The van der Waals surface area contributed by atoms with Crippen LogP contribution in [0.3, 0.4) is 0 Å². The Balaban J connectivity index is 1.65. The number of rotatable bonds is 3. The van der Waals surface area contributed by atoms with Gasteiger partial charge in [0, 0.05) is 31.7 Å². The van der Waals surface area contributed by atoms with Crippen LogP contribution in [-0.2, 0) is 0 Å². The van der Waals surface area contributed by atoms with Gasteiger partial charge in [-0.25, -0.2) is 0 Å². The molecule has 2 heteroatoms. The lowest BCUT2D eigenvalue weighted by molar-refractivity contribution is -0.000897. The molecule has 0 amide bonds. The van der Waals surface area contributed by atoms with Crippen LogP contribution in [0, 0.1) is 5.41 Å². The normalized spacial score (nSPS) is 37.8. The van der Waals surface area contributed by atoms with Gasteiger partial charge >= 0.3 is 0 Å². The van der Waals surface area contributed by atoms with Gasteiger partial charge in [-0.1, -0.05) is 20.3 Å². The second-order valence-electron chi connectivity index (χ2n) is 6.95. The van der Waals surface area contributed by atoms with Crippen LogP contribution in [0.4, 0.5) is 0 Å². The molecule has 2 atom stereocenters. The van der Waals surface area contributed by atoms with Crippen molar-refractivity contribution in [3.05, 3.63) is 0 Å². The Morgan fingerprint density at radius 1 is 1.18 bits per heavy atom. The molecule has 2 aliphatic heterocycles. The summed E-state index contributed by atoms with van der Waals surface area (Å²) < 4.78 is 0. The molecule has 98 valence electrons. The van der Waals surface area contributed by atoms with E-state index in [0.29, 0.717) is 5.41 Å². The third kappa shape index (κ3) is 2.53. The first-order chi connectivity index (χ1) is 8.20. The maximum atomic E-state index is 2.83. The molecule has 0 aromatic rings. The Labute approximate surface area is 106 Å². The zero-order valence-electron chi connectivity index (χ0n) is 11.6. The van der Waals surface area contributed by atoms with E-state index in [-0.39, 0.29) is 0 Å². The van der Waals surface area contributed by atoms with Gasteiger partial charge in [-0.15, -0.1) is 0 Å². The minimum atomic E-state index is 0.685. The summed E-state index contributed by atoms with van der Waals surface area (Å²) in [6, 6.07) is 1.72. The first-order valence-corrected chi connectivity index (χ1v) is 7.68. The van der Waals surface area contributed by atoms with Crippen molar-refractivity contribution in [2.45, 2.75) is 64.5 Å². The summed E-state index contributed by atoms with van der Waals surface area (Å²) in [5.74, 6) is 0. The monoisotopic (exact) mass is 236 g/mol. The standard InChI is InChI=1S/C15H28N2/c1-3-13-10-16-9-5-4-6-14(16)11-17(13)12-15(2)7-8-15/h13-14H,3-12H2,1-2H3. The van der Waals surface area contributed by atoms with Crippen LogP contribution in [0.25, 0.3) is 0 Å². The van der Waals surface area contributed by atoms with E-state index < -0.39 is 0 Å². The molecule has 2 unspecified atom stereocenters. The average molecular weight is 236 g/mol. The van der Waals surface area contributed by atoms with Gasteiger partial charge in [0.05, 0.1) is 0 Å². The lowest BCUT2D eigenvalue weighted by Gasteiger charge is -2.49. The second kappa shape index (κ2) is 4.55. The zero-order chi connectivity index (χ0) is 11.9. The van der Waals surface area contributed by atoms with Gasteiger partial charge in [0.1, 0.15) is 0 Å². The summed E-state index contributed by atoms with van der Waals surface area (Å²) in [5.41, 5.74) is 0.685. The fourth-order valence-electron chi connectivity index (χ4n) is 3.76. The van der Waals surface area contributed by atoms with E-state index in [2.05, 4.69) is 23.6 Å². The van der Waals surface area contributed by atoms with Gasteiger partial charge in [0.25, 0.3) is 0 Å². The fourth-order valence-corrected chi connectivity index (χ4v) is 3.76. The van der Waals surface area contributed by atoms with Crippen molar-refractivity contribution in [2.24, 2.45) is 5.41 Å². The van der Waals surface area contributed by atoms with Crippen molar-refractivity contribution in [2.75, 3.05) is 26.2 Å². The first kappa shape index (κ1) is 12.0. The second-order valence-corrected chi connectivity index (χ2v) is 6.95. The number of piperazine rings is 1. The van der Waals surface area contributed by atoms with Crippen molar-refractivity contribution in [3.63, 3.8) is 0 Å². The summed E-state index contributed by atoms with van der Waals surface area (Å²) in [6.45, 7) is 10.3. The molecule has 0 spiro atoms. The average Bonchev–Trinajstić information content (AvgIpc) is 3.06. The molecule has 0 bridgehead atoms. The highest BCUT2D eigenvalue weighted by Gasteiger charge is 2.42. The molecule has 2 saturated heterocycles. The highest BCUT2D eigenvalue weighted by Crippen LogP contribution is 2.46. The molecule has 0 aromatic heterocycles. The molecule has 2 heterocycles. The molecule has 2 nitrogen and oxygen atoms in total. The van der Waals surface area contributed by atoms with Crippen molar-refractivity contribution in [3.8, 4) is 0 Å². The van der Waals surface area contributed by atoms with E-state index in [1.165, 1.54) is 64.7 Å². The minimum absolute atomic E-state index is 0.685. The lowest BCUT2D eigenvalue weighted by Crippen LogP contribution is -2.60. The van der Waals surface area contributed by atoms with Gasteiger partial charge in [-0.05, 0) is 44.1 Å². The van der Waals surface area contributed by atoms with Crippen LogP contribution >= 0.6 is 0 Å². The molecule has 0 N–H and O–H groups in total. The van der Waals surface area contributed by atoms with Gasteiger partial charge in [-0.2, -0.15) is 0 Å². The van der Waals surface area contributed by atoms with Crippen molar-refractivity contribution in [1.29, 1.82) is 0 Å². The van der Waals surface area contributed by atoms with Crippen LogP contribution in [0.5, 0.6) is 0 Å². The molecule has 17 heavy (non-hydrogen) atoms. The van der Waals surface area contributed by atoms with E-state index in [1.54, 1.807) is 0 Å². The Hall–Kier alpha value is -0.0800. The van der Waals surface area contributed by atoms with Crippen molar-refractivity contribution in [1.82, 2.24) is 9.80 Å². The largest absolute Gasteiger partial charge is 0.298 e. The van der Waals surface area contributed by atoms with Crippen LogP contribution in [-0.4, -0.2) is 48.1 Å². The molecule has 1 saturated carbocycles. The molecular formula is C15H28N2. The number of fused-ring (bicyclic) bond motifs is 1. The van der Waals surface area contributed by atoms with Crippen LogP contribution in [0.2, 0.25) is 0 Å². The number of hydrogen-bond acceptors (Lipinski definition) is 2. The number of piperidine rings is 1. The van der Waals surface area contributed by atoms with E-state index >= 15 is 0 Å². The Kier molecular flexibility index (Phi) is 3.20. The van der Waals surface area contributed by atoms with E-state index in [1.807, 2.05) is 0 Å². The topological polar surface area (TPSA) is 6.48 Å². The van der Waals surface area contributed by atoms with E-state index in [4.69, 9.17) is 0 Å². The number of nitrogens with zero attached hydrogens (tertiary/aromatic N) is 2. The third-order valence-corrected chi connectivity index (χ3v) is 5.32. The maximum absolute atomic E-state index is 2.83. The lowest BCUT2D eigenvalue weighted by atomic mass is 9.94. The predicted molar refractivity (Wildman–Crippen MR) is 72.2 cm³/mol. The maximum Gasteiger partial charge on any atom is 0.0223 e.